The zero-order valence-electron chi connectivity index (χ0n) is 19.7. The number of primary amides is 1. The van der Waals surface area contributed by atoms with E-state index in [9.17, 15) is 9.59 Å². The van der Waals surface area contributed by atoms with Gasteiger partial charge in [0.15, 0.2) is 0 Å². The van der Waals surface area contributed by atoms with Crippen LogP contribution in [0.5, 0.6) is 0 Å². The van der Waals surface area contributed by atoms with E-state index in [1.165, 1.54) is 0 Å². The molecule has 4 aromatic rings. The topological polar surface area (TPSA) is 101 Å². The van der Waals surface area contributed by atoms with Crippen molar-refractivity contribution in [1.82, 2.24) is 15.3 Å². The number of fused-ring (bicyclic) bond motifs is 1. The molecule has 0 aliphatic carbocycles. The van der Waals surface area contributed by atoms with E-state index in [4.69, 9.17) is 22.3 Å². The highest BCUT2D eigenvalue weighted by molar-refractivity contribution is 6.30. The molecule has 5 rings (SSSR count). The number of pyridine rings is 2. The molecule has 1 saturated heterocycles. The zero-order chi connectivity index (χ0) is 25.1. The average Bonchev–Trinajstić information content (AvgIpc) is 2.91. The number of aromatic nitrogens is 2. The van der Waals surface area contributed by atoms with Crippen LogP contribution in [0.25, 0.3) is 22.2 Å². The van der Waals surface area contributed by atoms with Gasteiger partial charge in [0.1, 0.15) is 5.82 Å². The summed E-state index contributed by atoms with van der Waals surface area (Å²) in [5.74, 6) is 0.293. The minimum Gasteiger partial charge on any atom is -0.369 e. The predicted octanol–water partition coefficient (Wildman–Crippen LogP) is 4.58. The van der Waals surface area contributed by atoms with Gasteiger partial charge >= 0.3 is 0 Å². The van der Waals surface area contributed by atoms with Gasteiger partial charge in [-0.15, -0.1) is 0 Å². The number of nitrogens with two attached hydrogens (primary N) is 1. The van der Waals surface area contributed by atoms with Gasteiger partial charge in [-0.25, -0.2) is 9.97 Å². The smallest absolute Gasteiger partial charge is 0.252 e. The number of nitrogens with one attached hydrogen (secondary N) is 1. The highest BCUT2D eigenvalue weighted by atomic mass is 35.5. The summed E-state index contributed by atoms with van der Waals surface area (Å²) in [4.78, 5) is 36.4. The van der Waals surface area contributed by atoms with Gasteiger partial charge < -0.3 is 16.0 Å². The fourth-order valence-electron chi connectivity index (χ4n) is 4.63. The Hall–Kier alpha value is -3.97. The minimum absolute atomic E-state index is 0.0945. The Morgan fingerprint density at radius 1 is 1.03 bits per heavy atom. The van der Waals surface area contributed by atoms with Crippen LogP contribution in [-0.2, 0) is 11.3 Å². The van der Waals surface area contributed by atoms with Crippen molar-refractivity contribution < 1.29 is 9.59 Å². The Morgan fingerprint density at radius 2 is 1.78 bits per heavy atom. The maximum atomic E-state index is 13.4. The first-order valence-corrected chi connectivity index (χ1v) is 12.3. The van der Waals surface area contributed by atoms with Gasteiger partial charge in [-0.2, -0.15) is 0 Å². The van der Waals surface area contributed by atoms with Crippen LogP contribution < -0.4 is 16.0 Å². The molecule has 0 unspecified atom stereocenters. The number of halogens is 1. The molecule has 0 radical (unpaired) electrons. The molecular weight excluding hydrogens is 474 g/mol. The van der Waals surface area contributed by atoms with Gasteiger partial charge in [0.25, 0.3) is 5.91 Å². The predicted molar refractivity (Wildman–Crippen MR) is 142 cm³/mol. The van der Waals surface area contributed by atoms with Crippen molar-refractivity contribution in [2.24, 2.45) is 11.7 Å². The fourth-order valence-corrected chi connectivity index (χ4v) is 4.76. The number of anilines is 1. The van der Waals surface area contributed by atoms with Gasteiger partial charge in [-0.05, 0) is 43.2 Å². The summed E-state index contributed by atoms with van der Waals surface area (Å²) in [6, 6.07) is 20.7. The fraction of sp³-hybridized carbons (Fsp3) is 0.214. The van der Waals surface area contributed by atoms with E-state index in [0.29, 0.717) is 48.8 Å². The van der Waals surface area contributed by atoms with Crippen molar-refractivity contribution in [2.75, 3.05) is 18.0 Å². The molecule has 2 amide bonds. The van der Waals surface area contributed by atoms with E-state index in [-0.39, 0.29) is 17.7 Å². The summed E-state index contributed by atoms with van der Waals surface area (Å²) < 4.78 is 0. The van der Waals surface area contributed by atoms with E-state index in [1.54, 1.807) is 6.20 Å². The van der Waals surface area contributed by atoms with Crippen LogP contribution >= 0.6 is 11.6 Å². The van der Waals surface area contributed by atoms with Crippen LogP contribution in [0.2, 0.25) is 5.02 Å². The molecule has 0 saturated carbocycles. The molecule has 1 aliphatic heterocycles. The summed E-state index contributed by atoms with van der Waals surface area (Å²) in [5, 5.41) is 4.50. The summed E-state index contributed by atoms with van der Waals surface area (Å²) >= 11 is 6.05. The SMILES string of the molecule is NC(=O)C1CCN(c2ncccc2CNC(=O)c2cc(-c3ccc(Cl)cc3)nc3ccccc23)CC1. The number of hydrogen-bond donors (Lipinski definition) is 2. The minimum atomic E-state index is -0.245. The first kappa shape index (κ1) is 23.8. The number of carbonyl (C=O) groups excluding carboxylic acids is 2. The second-order valence-electron chi connectivity index (χ2n) is 8.91. The third-order valence-corrected chi connectivity index (χ3v) is 6.86. The lowest BCUT2D eigenvalue weighted by Gasteiger charge is -2.32. The second kappa shape index (κ2) is 10.3. The first-order valence-electron chi connectivity index (χ1n) is 11.9. The number of carbonyl (C=O) groups is 2. The summed E-state index contributed by atoms with van der Waals surface area (Å²) in [6.45, 7) is 1.72. The Balaban J connectivity index is 1.38. The number of hydrogen-bond acceptors (Lipinski definition) is 5. The Labute approximate surface area is 214 Å². The number of rotatable bonds is 6. The van der Waals surface area contributed by atoms with Gasteiger partial charge in [0, 0.05) is 53.3 Å². The highest BCUT2D eigenvalue weighted by Crippen LogP contribution is 2.27. The van der Waals surface area contributed by atoms with Crippen molar-refractivity contribution >= 4 is 40.1 Å². The molecule has 3 heterocycles. The van der Waals surface area contributed by atoms with Gasteiger partial charge in [0.2, 0.25) is 5.91 Å². The van der Waals surface area contributed by atoms with Gasteiger partial charge in [0.05, 0.1) is 16.8 Å². The van der Waals surface area contributed by atoms with Gasteiger partial charge in [-0.1, -0.05) is 48.0 Å². The molecule has 182 valence electrons. The maximum Gasteiger partial charge on any atom is 0.252 e. The van der Waals surface area contributed by atoms with E-state index in [1.807, 2.05) is 66.7 Å². The lowest BCUT2D eigenvalue weighted by molar-refractivity contribution is -0.122. The molecule has 0 spiro atoms. The number of benzene rings is 2. The van der Waals surface area contributed by atoms with E-state index < -0.39 is 0 Å². The molecule has 0 bridgehead atoms. The largest absolute Gasteiger partial charge is 0.369 e. The molecule has 8 heteroatoms. The zero-order valence-corrected chi connectivity index (χ0v) is 20.4. The molecule has 7 nitrogen and oxygen atoms in total. The average molecular weight is 500 g/mol. The van der Waals surface area contributed by atoms with E-state index in [0.717, 1.165) is 27.8 Å². The van der Waals surface area contributed by atoms with E-state index in [2.05, 4.69) is 15.2 Å². The third kappa shape index (κ3) is 5.02. The van der Waals surface area contributed by atoms with Crippen LogP contribution in [0.4, 0.5) is 5.82 Å². The first-order chi connectivity index (χ1) is 17.5. The number of para-hydroxylation sites is 1. The standard InChI is InChI=1S/C28H26ClN5O2/c29-21-9-7-18(8-10-21)25-16-23(22-5-1-2-6-24(22)33-25)28(36)32-17-20-4-3-13-31-27(20)34-14-11-19(12-15-34)26(30)35/h1-10,13,16,19H,11-12,14-15,17H2,(H2,30,35)(H,32,36). The van der Waals surface area contributed by atoms with Crippen molar-refractivity contribution in [2.45, 2.75) is 19.4 Å². The summed E-state index contributed by atoms with van der Waals surface area (Å²) in [7, 11) is 0. The molecule has 3 N–H and O–H groups in total. The van der Waals surface area contributed by atoms with Crippen LogP contribution in [-0.4, -0.2) is 34.9 Å². The highest BCUT2D eigenvalue weighted by Gasteiger charge is 2.25. The molecular formula is C28H26ClN5O2. The quantitative estimate of drug-likeness (QED) is 0.404. The van der Waals surface area contributed by atoms with Crippen molar-refractivity contribution in [3.05, 3.63) is 89.1 Å². The molecule has 2 aromatic carbocycles. The molecule has 2 aromatic heterocycles. The van der Waals surface area contributed by atoms with Crippen LogP contribution in [0, 0.1) is 5.92 Å². The van der Waals surface area contributed by atoms with E-state index >= 15 is 0 Å². The third-order valence-electron chi connectivity index (χ3n) is 6.60. The Morgan fingerprint density at radius 3 is 2.53 bits per heavy atom. The second-order valence-corrected chi connectivity index (χ2v) is 9.35. The van der Waals surface area contributed by atoms with Crippen molar-refractivity contribution in [1.29, 1.82) is 0 Å². The maximum absolute atomic E-state index is 13.4. The number of amides is 2. The van der Waals surface area contributed by atoms with Crippen LogP contribution in [0.3, 0.4) is 0 Å². The van der Waals surface area contributed by atoms with Gasteiger partial charge in [-0.3, -0.25) is 9.59 Å². The van der Waals surface area contributed by atoms with Crippen molar-refractivity contribution in [3.8, 4) is 11.3 Å². The Bertz CT molecular complexity index is 1420. The Kier molecular flexibility index (Phi) is 6.82. The lowest BCUT2D eigenvalue weighted by Crippen LogP contribution is -2.39. The molecule has 1 fully saturated rings. The van der Waals surface area contributed by atoms with Crippen molar-refractivity contribution in [3.63, 3.8) is 0 Å². The molecule has 0 atom stereocenters. The molecule has 1 aliphatic rings. The monoisotopic (exact) mass is 499 g/mol. The number of piperidine rings is 1. The molecule has 36 heavy (non-hydrogen) atoms. The summed E-state index contributed by atoms with van der Waals surface area (Å²) in [5.41, 5.74) is 9.28. The number of nitrogens with zero attached hydrogens (tertiary/aromatic N) is 3. The van der Waals surface area contributed by atoms with Crippen LogP contribution in [0.1, 0.15) is 28.8 Å². The lowest BCUT2D eigenvalue weighted by atomic mass is 9.96. The van der Waals surface area contributed by atoms with Crippen LogP contribution in [0.15, 0.2) is 72.9 Å². The summed E-state index contributed by atoms with van der Waals surface area (Å²) in [6.07, 6.45) is 3.15. The normalized spacial score (nSPS) is 14.1.